The lowest BCUT2D eigenvalue weighted by Crippen LogP contribution is -2.13. The van der Waals surface area contributed by atoms with E-state index in [2.05, 4.69) is 21.2 Å². The number of hydrogen-bond acceptors (Lipinski definition) is 5. The average Bonchev–Trinajstić information content (AvgIpc) is 3.16. The van der Waals surface area contributed by atoms with Crippen LogP contribution in [-0.2, 0) is 4.79 Å². The van der Waals surface area contributed by atoms with E-state index < -0.39 is 10.8 Å². The molecule has 0 saturated heterocycles. The first-order chi connectivity index (χ1) is 13.9. The summed E-state index contributed by atoms with van der Waals surface area (Å²) in [5.74, 6) is -0.0181. The highest BCUT2D eigenvalue weighted by Crippen LogP contribution is 2.31. The monoisotopic (exact) mass is 471 g/mol. The number of halogens is 2. The maximum Gasteiger partial charge on any atom is 0.288 e. The number of nitrogens with one attached hydrogen (secondary N) is 1. The van der Waals surface area contributed by atoms with E-state index in [-0.39, 0.29) is 22.0 Å². The van der Waals surface area contributed by atoms with Crippen LogP contribution in [0.1, 0.15) is 5.76 Å². The molecule has 3 rings (SSSR count). The van der Waals surface area contributed by atoms with Gasteiger partial charge in [-0.3, -0.25) is 14.9 Å². The fourth-order valence-corrected chi connectivity index (χ4v) is 3.00. The Morgan fingerprint density at radius 1 is 1.24 bits per heavy atom. The van der Waals surface area contributed by atoms with Gasteiger partial charge in [0.2, 0.25) is 0 Å². The van der Waals surface area contributed by atoms with Gasteiger partial charge in [-0.25, -0.2) is 0 Å². The third-order valence-electron chi connectivity index (χ3n) is 3.83. The number of anilines is 1. The van der Waals surface area contributed by atoms with Crippen LogP contribution in [0.3, 0.4) is 0 Å². The lowest BCUT2D eigenvalue weighted by Gasteiger charge is -2.05. The number of amides is 1. The van der Waals surface area contributed by atoms with Crippen LogP contribution in [-0.4, -0.2) is 10.8 Å². The fourth-order valence-electron chi connectivity index (χ4n) is 2.43. The molecule has 9 heteroatoms. The molecule has 1 aromatic heterocycles. The third-order valence-corrected chi connectivity index (χ3v) is 4.84. The number of carbonyl (C=O) groups excluding carboxylic acids is 1. The lowest BCUT2D eigenvalue weighted by molar-refractivity contribution is -0.384. The first-order valence-electron chi connectivity index (χ1n) is 8.11. The van der Waals surface area contributed by atoms with Crippen LogP contribution in [0.4, 0.5) is 11.4 Å². The summed E-state index contributed by atoms with van der Waals surface area (Å²) in [7, 11) is 0. The van der Waals surface area contributed by atoms with Crippen LogP contribution >= 0.6 is 27.5 Å². The Hall–Kier alpha value is -3.41. The van der Waals surface area contributed by atoms with Gasteiger partial charge in [-0.2, -0.15) is 5.26 Å². The van der Waals surface area contributed by atoms with Gasteiger partial charge in [-0.05, 0) is 52.3 Å². The molecule has 2 aromatic carbocycles. The molecule has 7 nitrogen and oxygen atoms in total. The van der Waals surface area contributed by atoms with Gasteiger partial charge in [0.1, 0.15) is 28.2 Å². The van der Waals surface area contributed by atoms with E-state index in [9.17, 15) is 20.2 Å². The largest absolute Gasteiger partial charge is 0.457 e. The fraction of sp³-hybridized carbons (Fsp3) is 0. The number of furan rings is 1. The van der Waals surface area contributed by atoms with Crippen LogP contribution in [0.2, 0.25) is 5.02 Å². The van der Waals surface area contributed by atoms with Crippen molar-refractivity contribution in [1.29, 1.82) is 5.26 Å². The van der Waals surface area contributed by atoms with Crippen molar-refractivity contribution in [1.82, 2.24) is 0 Å². The quantitative estimate of drug-likeness (QED) is 0.218. The molecule has 0 radical (unpaired) electrons. The number of hydrogen-bond donors (Lipinski definition) is 1. The van der Waals surface area contributed by atoms with E-state index in [0.717, 1.165) is 0 Å². The van der Waals surface area contributed by atoms with Crippen LogP contribution in [0.15, 0.2) is 69.1 Å². The standard InChI is InChI=1S/C20H11BrClN3O4/c21-15-3-1-2-4-17(15)24-20(26)13(11-23)9-14-6-8-19(29-14)12-5-7-16(22)18(10-12)25(27)28/h1-10H,(H,24,26)/b13-9+. The van der Waals surface area contributed by atoms with Gasteiger partial charge in [0.15, 0.2) is 0 Å². The summed E-state index contributed by atoms with van der Waals surface area (Å²) >= 11 is 9.14. The number of rotatable bonds is 5. The Morgan fingerprint density at radius 3 is 2.69 bits per heavy atom. The Bertz CT molecular complexity index is 1180. The summed E-state index contributed by atoms with van der Waals surface area (Å²) in [4.78, 5) is 22.8. The van der Waals surface area contributed by atoms with E-state index in [0.29, 0.717) is 21.5 Å². The lowest BCUT2D eigenvalue weighted by atomic mass is 10.1. The van der Waals surface area contributed by atoms with Crippen molar-refractivity contribution in [3.05, 3.63) is 85.5 Å². The SMILES string of the molecule is N#C/C(=C\c1ccc(-c2ccc(Cl)c([N+](=O)[O-])c2)o1)C(=O)Nc1ccccc1Br. The highest BCUT2D eigenvalue weighted by Gasteiger charge is 2.16. The van der Waals surface area contributed by atoms with Gasteiger partial charge in [0, 0.05) is 22.2 Å². The average molecular weight is 473 g/mol. The molecule has 0 unspecified atom stereocenters. The summed E-state index contributed by atoms with van der Waals surface area (Å²) in [6.45, 7) is 0. The van der Waals surface area contributed by atoms with Crippen molar-refractivity contribution in [3.63, 3.8) is 0 Å². The minimum Gasteiger partial charge on any atom is -0.457 e. The van der Waals surface area contributed by atoms with E-state index in [1.165, 1.54) is 18.2 Å². The summed E-state index contributed by atoms with van der Waals surface area (Å²) in [5.41, 5.74) is 0.552. The van der Waals surface area contributed by atoms with E-state index in [1.54, 1.807) is 42.5 Å². The topological polar surface area (TPSA) is 109 Å². The summed E-state index contributed by atoms with van der Waals surface area (Å²) in [6.07, 6.45) is 1.29. The molecule has 0 aliphatic rings. The van der Waals surface area contributed by atoms with E-state index >= 15 is 0 Å². The van der Waals surface area contributed by atoms with Crippen LogP contribution in [0, 0.1) is 21.4 Å². The highest BCUT2D eigenvalue weighted by molar-refractivity contribution is 9.10. The number of nitro groups is 1. The zero-order valence-corrected chi connectivity index (χ0v) is 16.9. The molecule has 0 aliphatic heterocycles. The van der Waals surface area contributed by atoms with Crippen molar-refractivity contribution < 1.29 is 14.1 Å². The van der Waals surface area contributed by atoms with Gasteiger partial charge in [-0.15, -0.1) is 0 Å². The first kappa shape index (κ1) is 20.3. The zero-order valence-electron chi connectivity index (χ0n) is 14.6. The van der Waals surface area contributed by atoms with Crippen LogP contribution < -0.4 is 5.32 Å². The Balaban J connectivity index is 1.85. The Morgan fingerprint density at radius 2 is 2.00 bits per heavy atom. The number of carbonyl (C=O) groups is 1. The van der Waals surface area contributed by atoms with Crippen molar-refractivity contribution in [3.8, 4) is 17.4 Å². The molecule has 1 N–H and O–H groups in total. The predicted octanol–water partition coefficient (Wildman–Crippen LogP) is 5.82. The second-order valence-corrected chi connectivity index (χ2v) is 6.99. The maximum absolute atomic E-state index is 12.4. The van der Waals surface area contributed by atoms with Gasteiger partial charge in [-0.1, -0.05) is 23.7 Å². The number of nitriles is 1. The summed E-state index contributed by atoms with van der Waals surface area (Å²) in [6, 6.07) is 16.2. The number of nitro benzene ring substituents is 1. The van der Waals surface area contributed by atoms with Crippen molar-refractivity contribution in [2.75, 3.05) is 5.32 Å². The maximum atomic E-state index is 12.4. The second-order valence-electron chi connectivity index (χ2n) is 5.73. The van der Waals surface area contributed by atoms with Gasteiger partial charge in [0.25, 0.3) is 11.6 Å². The number of nitrogens with zero attached hydrogens (tertiary/aromatic N) is 2. The van der Waals surface area contributed by atoms with E-state index in [4.69, 9.17) is 16.0 Å². The Kier molecular flexibility index (Phi) is 6.12. The molecule has 0 bridgehead atoms. The Labute approximate surface area is 178 Å². The molecule has 1 heterocycles. The molecule has 29 heavy (non-hydrogen) atoms. The molecule has 0 spiro atoms. The third kappa shape index (κ3) is 4.71. The molecule has 1 amide bonds. The highest BCUT2D eigenvalue weighted by atomic mass is 79.9. The predicted molar refractivity (Wildman–Crippen MR) is 112 cm³/mol. The van der Waals surface area contributed by atoms with Gasteiger partial charge in [0.05, 0.1) is 10.6 Å². The molecular weight excluding hydrogens is 462 g/mol. The second kappa shape index (κ2) is 8.73. The van der Waals surface area contributed by atoms with Crippen LogP contribution in [0.25, 0.3) is 17.4 Å². The molecule has 0 saturated carbocycles. The molecule has 0 atom stereocenters. The van der Waals surface area contributed by atoms with Gasteiger partial charge < -0.3 is 9.73 Å². The number of benzene rings is 2. The van der Waals surface area contributed by atoms with Crippen molar-refractivity contribution in [2.24, 2.45) is 0 Å². The van der Waals surface area contributed by atoms with E-state index in [1.807, 2.05) is 6.07 Å². The van der Waals surface area contributed by atoms with Gasteiger partial charge >= 0.3 is 0 Å². The normalized spacial score (nSPS) is 11.0. The van der Waals surface area contributed by atoms with Crippen LogP contribution in [0.5, 0.6) is 0 Å². The molecule has 0 fully saturated rings. The summed E-state index contributed by atoms with van der Waals surface area (Å²) in [5, 5.41) is 23.0. The number of para-hydroxylation sites is 1. The summed E-state index contributed by atoms with van der Waals surface area (Å²) < 4.78 is 6.29. The molecular formula is C20H11BrClN3O4. The molecule has 0 aliphatic carbocycles. The van der Waals surface area contributed by atoms with Crippen molar-refractivity contribution in [2.45, 2.75) is 0 Å². The molecule has 3 aromatic rings. The zero-order chi connectivity index (χ0) is 21.0. The van der Waals surface area contributed by atoms with Crippen molar-refractivity contribution >= 4 is 50.9 Å². The first-order valence-corrected chi connectivity index (χ1v) is 9.28. The smallest absolute Gasteiger partial charge is 0.288 e. The minimum atomic E-state index is -0.598. The minimum absolute atomic E-state index is 0.0148. The molecule has 144 valence electrons.